The van der Waals surface area contributed by atoms with E-state index in [2.05, 4.69) is 22.4 Å². The van der Waals surface area contributed by atoms with E-state index in [0.29, 0.717) is 18.0 Å². The number of carbonyl (C=O) groups is 1. The molecule has 1 aliphatic heterocycles. The van der Waals surface area contributed by atoms with E-state index in [9.17, 15) is 13.2 Å². The molecule has 0 aliphatic carbocycles. The fourth-order valence-corrected chi connectivity index (χ4v) is 6.70. The summed E-state index contributed by atoms with van der Waals surface area (Å²) < 4.78 is 27.2. The number of nitrogens with zero attached hydrogens (tertiary/aromatic N) is 3. The number of carbonyl (C=O) groups excluding carboxylic acids is 1. The van der Waals surface area contributed by atoms with E-state index >= 15 is 0 Å². The number of unbranched alkanes of at least 4 members (excludes halogenated alkanes) is 2. The van der Waals surface area contributed by atoms with E-state index in [-0.39, 0.29) is 39.9 Å². The predicted molar refractivity (Wildman–Crippen MR) is 120 cm³/mol. The first-order chi connectivity index (χ1) is 14.3. The Morgan fingerprint density at radius 2 is 1.87 bits per heavy atom. The smallest absolute Gasteiger partial charge is 0.246 e. The quantitative estimate of drug-likeness (QED) is 0.545. The number of piperidine rings is 1. The number of anilines is 1. The van der Waals surface area contributed by atoms with Crippen LogP contribution in [0.1, 0.15) is 44.0 Å². The number of amides is 1. The van der Waals surface area contributed by atoms with Crippen molar-refractivity contribution >= 4 is 55.6 Å². The SMILES string of the molecule is CCCCCc1nnc(NC(=O)C2CCN(S(=O)(=O)c3c(Cl)cccc3Cl)CC2)s1. The summed E-state index contributed by atoms with van der Waals surface area (Å²) in [6.07, 6.45) is 5.02. The lowest BCUT2D eigenvalue weighted by atomic mass is 9.97. The van der Waals surface area contributed by atoms with Crippen LogP contribution in [0.3, 0.4) is 0 Å². The maximum Gasteiger partial charge on any atom is 0.246 e. The third kappa shape index (κ3) is 5.50. The monoisotopic (exact) mass is 490 g/mol. The van der Waals surface area contributed by atoms with E-state index in [1.165, 1.54) is 27.8 Å². The molecule has 0 unspecified atom stereocenters. The largest absolute Gasteiger partial charge is 0.300 e. The zero-order chi connectivity index (χ0) is 21.7. The van der Waals surface area contributed by atoms with Crippen LogP contribution in [0.5, 0.6) is 0 Å². The van der Waals surface area contributed by atoms with Crippen molar-refractivity contribution in [1.82, 2.24) is 14.5 Å². The van der Waals surface area contributed by atoms with Gasteiger partial charge >= 0.3 is 0 Å². The molecule has 2 aromatic rings. The van der Waals surface area contributed by atoms with Gasteiger partial charge in [-0.05, 0) is 31.4 Å². The van der Waals surface area contributed by atoms with Gasteiger partial charge in [-0.25, -0.2) is 8.42 Å². The zero-order valence-electron chi connectivity index (χ0n) is 16.6. The minimum atomic E-state index is -3.82. The van der Waals surface area contributed by atoms with Crippen molar-refractivity contribution in [3.05, 3.63) is 33.3 Å². The van der Waals surface area contributed by atoms with Crippen LogP contribution in [-0.2, 0) is 21.2 Å². The van der Waals surface area contributed by atoms with Gasteiger partial charge in [0, 0.05) is 25.4 Å². The first-order valence-corrected chi connectivity index (χ1v) is 12.9. The molecule has 1 aromatic heterocycles. The second-order valence-electron chi connectivity index (χ2n) is 7.18. The molecule has 0 radical (unpaired) electrons. The fraction of sp³-hybridized carbons (Fsp3) is 0.526. The van der Waals surface area contributed by atoms with Gasteiger partial charge in [-0.3, -0.25) is 4.79 Å². The molecule has 1 aromatic carbocycles. The van der Waals surface area contributed by atoms with Crippen molar-refractivity contribution in [1.29, 1.82) is 0 Å². The third-order valence-corrected chi connectivity index (χ3v) is 8.79. The van der Waals surface area contributed by atoms with Crippen LogP contribution in [0.2, 0.25) is 10.0 Å². The second kappa shape index (κ2) is 10.4. The Morgan fingerprint density at radius 3 is 2.50 bits per heavy atom. The maximum atomic E-state index is 12.9. The molecular weight excluding hydrogens is 467 g/mol. The van der Waals surface area contributed by atoms with Gasteiger partial charge in [0.05, 0.1) is 10.0 Å². The molecule has 164 valence electrons. The summed E-state index contributed by atoms with van der Waals surface area (Å²) in [7, 11) is -3.82. The van der Waals surface area contributed by atoms with Crippen molar-refractivity contribution < 1.29 is 13.2 Å². The van der Waals surface area contributed by atoms with E-state index in [4.69, 9.17) is 23.2 Å². The summed E-state index contributed by atoms with van der Waals surface area (Å²) in [6, 6.07) is 4.60. The first-order valence-electron chi connectivity index (χ1n) is 9.90. The van der Waals surface area contributed by atoms with E-state index < -0.39 is 10.0 Å². The Kier molecular flexibility index (Phi) is 8.09. The molecule has 3 rings (SSSR count). The number of halogens is 2. The maximum absolute atomic E-state index is 12.9. The van der Waals surface area contributed by atoms with Gasteiger partial charge < -0.3 is 5.32 Å². The Morgan fingerprint density at radius 1 is 1.20 bits per heavy atom. The van der Waals surface area contributed by atoms with Crippen LogP contribution < -0.4 is 5.32 Å². The predicted octanol–water partition coefficient (Wildman–Crippen LogP) is 4.62. The first kappa shape index (κ1) is 23.4. The summed E-state index contributed by atoms with van der Waals surface area (Å²) in [4.78, 5) is 12.5. The molecule has 0 saturated carbocycles. The van der Waals surface area contributed by atoms with Crippen molar-refractivity contribution in [2.24, 2.45) is 5.92 Å². The molecule has 7 nitrogen and oxygen atoms in total. The van der Waals surface area contributed by atoms with Gasteiger partial charge in [-0.15, -0.1) is 10.2 Å². The highest BCUT2D eigenvalue weighted by molar-refractivity contribution is 7.89. The van der Waals surface area contributed by atoms with Gasteiger partial charge in [0.1, 0.15) is 9.90 Å². The van der Waals surface area contributed by atoms with Gasteiger partial charge in [0.2, 0.25) is 21.1 Å². The van der Waals surface area contributed by atoms with Gasteiger partial charge in [-0.2, -0.15) is 4.31 Å². The van der Waals surface area contributed by atoms with E-state index in [1.807, 2.05) is 0 Å². The van der Waals surface area contributed by atoms with Crippen LogP contribution >= 0.6 is 34.5 Å². The Bertz CT molecular complexity index is 969. The number of benzene rings is 1. The van der Waals surface area contributed by atoms with Crippen LogP contribution in [0, 0.1) is 5.92 Å². The van der Waals surface area contributed by atoms with Crippen molar-refractivity contribution in [2.75, 3.05) is 18.4 Å². The van der Waals surface area contributed by atoms with Crippen LogP contribution in [0.25, 0.3) is 0 Å². The number of hydrogen-bond donors (Lipinski definition) is 1. The number of hydrogen-bond acceptors (Lipinski definition) is 6. The lowest BCUT2D eigenvalue weighted by Gasteiger charge is -2.30. The molecule has 11 heteroatoms. The standard InChI is InChI=1S/C19H24Cl2N4O3S2/c1-2-3-4-8-16-23-24-19(29-16)22-18(26)13-9-11-25(12-10-13)30(27,28)17-14(20)6-5-7-15(17)21/h5-7,13H,2-4,8-12H2,1H3,(H,22,24,26). The molecule has 0 atom stereocenters. The Hall–Kier alpha value is -1.26. The van der Waals surface area contributed by atoms with Crippen LogP contribution in [0.4, 0.5) is 5.13 Å². The lowest BCUT2D eigenvalue weighted by Crippen LogP contribution is -2.41. The topological polar surface area (TPSA) is 92.3 Å². The average molecular weight is 491 g/mol. The van der Waals surface area contributed by atoms with Crippen LogP contribution in [-0.4, -0.2) is 41.9 Å². The molecule has 1 aliphatic rings. The van der Waals surface area contributed by atoms with Gasteiger partial charge in [0.25, 0.3) is 0 Å². The van der Waals surface area contributed by atoms with Crippen molar-refractivity contribution in [2.45, 2.75) is 50.3 Å². The molecule has 30 heavy (non-hydrogen) atoms. The summed E-state index contributed by atoms with van der Waals surface area (Å²) >= 11 is 13.5. The summed E-state index contributed by atoms with van der Waals surface area (Å²) in [5.74, 6) is -0.440. The number of rotatable bonds is 8. The summed E-state index contributed by atoms with van der Waals surface area (Å²) in [5.41, 5.74) is 0. The normalized spacial score (nSPS) is 16.0. The van der Waals surface area contributed by atoms with Gasteiger partial charge in [0.15, 0.2) is 0 Å². The highest BCUT2D eigenvalue weighted by Crippen LogP contribution is 2.33. The molecule has 0 bridgehead atoms. The van der Waals surface area contributed by atoms with E-state index in [1.54, 1.807) is 6.07 Å². The summed E-state index contributed by atoms with van der Waals surface area (Å²) in [5, 5.41) is 12.6. The molecule has 0 spiro atoms. The average Bonchev–Trinajstić information content (AvgIpc) is 3.15. The Balaban J connectivity index is 1.57. The molecule has 1 amide bonds. The van der Waals surface area contributed by atoms with E-state index in [0.717, 1.165) is 30.7 Å². The molecular formula is C19H24Cl2N4O3S2. The minimum absolute atomic E-state index is 0.0827. The number of sulfonamides is 1. The zero-order valence-corrected chi connectivity index (χ0v) is 19.7. The molecule has 2 heterocycles. The molecule has 1 saturated heterocycles. The van der Waals surface area contributed by atoms with Gasteiger partial charge in [-0.1, -0.05) is 60.4 Å². The number of aromatic nitrogens is 2. The molecule has 1 N–H and O–H groups in total. The summed E-state index contributed by atoms with van der Waals surface area (Å²) in [6.45, 7) is 2.59. The van der Waals surface area contributed by atoms with Crippen molar-refractivity contribution in [3.63, 3.8) is 0 Å². The lowest BCUT2D eigenvalue weighted by molar-refractivity contribution is -0.120. The highest BCUT2D eigenvalue weighted by atomic mass is 35.5. The number of aryl methyl sites for hydroxylation is 1. The second-order valence-corrected chi connectivity index (χ2v) is 10.9. The molecule has 1 fully saturated rings. The minimum Gasteiger partial charge on any atom is -0.300 e. The highest BCUT2D eigenvalue weighted by Gasteiger charge is 2.34. The Labute approximate surface area is 190 Å². The third-order valence-electron chi connectivity index (χ3n) is 5.03. The number of nitrogens with one attached hydrogen (secondary N) is 1. The van der Waals surface area contributed by atoms with Crippen LogP contribution in [0.15, 0.2) is 23.1 Å². The van der Waals surface area contributed by atoms with Crippen molar-refractivity contribution in [3.8, 4) is 0 Å². The fourth-order valence-electron chi connectivity index (χ4n) is 3.36.